The first-order valence-corrected chi connectivity index (χ1v) is 6.23. The maximum atomic E-state index is 12.1. The summed E-state index contributed by atoms with van der Waals surface area (Å²) in [5.41, 5.74) is 0.943. The molecule has 2 heterocycles. The predicted molar refractivity (Wildman–Crippen MR) is 73.3 cm³/mol. The number of halogens is 1. The number of nitrogens with zero attached hydrogens (tertiary/aromatic N) is 3. The molecule has 5 heteroatoms. The van der Waals surface area contributed by atoms with E-state index in [9.17, 15) is 4.79 Å². The lowest BCUT2D eigenvalue weighted by Gasteiger charge is -2.16. The molecule has 0 N–H and O–H groups in total. The SMILES string of the molecule is CN(C(=O)Cc1ccncc1)c1ccc(Br)cn1. The molecule has 0 saturated carbocycles. The third-order valence-electron chi connectivity index (χ3n) is 2.53. The summed E-state index contributed by atoms with van der Waals surface area (Å²) < 4.78 is 0.890. The predicted octanol–water partition coefficient (Wildman–Crippen LogP) is 2.44. The molecule has 0 radical (unpaired) electrons. The standard InChI is InChI=1S/C13H12BrN3O/c1-17(12-3-2-11(14)9-16-12)13(18)8-10-4-6-15-7-5-10/h2-7,9H,8H2,1H3. The molecule has 0 fully saturated rings. The quantitative estimate of drug-likeness (QED) is 0.875. The summed E-state index contributed by atoms with van der Waals surface area (Å²) in [7, 11) is 1.72. The molecule has 0 aliphatic heterocycles. The first kappa shape index (κ1) is 12.7. The largest absolute Gasteiger partial charge is 0.300 e. The van der Waals surface area contributed by atoms with E-state index in [4.69, 9.17) is 0 Å². The van der Waals surface area contributed by atoms with Gasteiger partial charge in [0.15, 0.2) is 0 Å². The number of amides is 1. The Bertz CT molecular complexity index is 528. The summed E-state index contributed by atoms with van der Waals surface area (Å²) in [4.78, 5) is 21.7. The highest BCUT2D eigenvalue weighted by molar-refractivity contribution is 9.10. The number of carbonyl (C=O) groups is 1. The van der Waals surface area contributed by atoms with Crippen molar-refractivity contribution in [3.8, 4) is 0 Å². The van der Waals surface area contributed by atoms with Crippen LogP contribution in [0.3, 0.4) is 0 Å². The van der Waals surface area contributed by atoms with Crippen LogP contribution in [-0.4, -0.2) is 22.9 Å². The molecule has 92 valence electrons. The smallest absolute Gasteiger partial charge is 0.232 e. The normalized spacial score (nSPS) is 10.1. The molecule has 0 unspecified atom stereocenters. The Morgan fingerprint density at radius 3 is 2.61 bits per heavy atom. The zero-order valence-corrected chi connectivity index (χ0v) is 11.5. The van der Waals surface area contributed by atoms with Gasteiger partial charge < -0.3 is 0 Å². The number of rotatable bonds is 3. The topological polar surface area (TPSA) is 46.1 Å². The van der Waals surface area contributed by atoms with Gasteiger partial charge >= 0.3 is 0 Å². The second-order valence-corrected chi connectivity index (χ2v) is 4.74. The van der Waals surface area contributed by atoms with Gasteiger partial charge in [-0.25, -0.2) is 4.98 Å². The van der Waals surface area contributed by atoms with Crippen molar-refractivity contribution >= 4 is 27.7 Å². The first-order chi connectivity index (χ1) is 8.66. The molecule has 0 aromatic carbocycles. The van der Waals surface area contributed by atoms with E-state index in [1.165, 1.54) is 0 Å². The fourth-order valence-corrected chi connectivity index (χ4v) is 1.72. The van der Waals surface area contributed by atoms with Crippen LogP contribution < -0.4 is 4.90 Å². The molecule has 4 nitrogen and oxygen atoms in total. The summed E-state index contributed by atoms with van der Waals surface area (Å²) in [5.74, 6) is 0.633. The van der Waals surface area contributed by atoms with Crippen molar-refractivity contribution in [3.05, 3.63) is 52.9 Å². The van der Waals surface area contributed by atoms with Crippen LogP contribution in [-0.2, 0) is 11.2 Å². The molecule has 0 aliphatic rings. The summed E-state index contributed by atoms with van der Waals surface area (Å²) >= 11 is 3.31. The minimum Gasteiger partial charge on any atom is -0.300 e. The Balaban J connectivity index is 2.07. The van der Waals surface area contributed by atoms with Crippen molar-refractivity contribution < 1.29 is 4.79 Å². The van der Waals surface area contributed by atoms with Crippen LogP contribution in [0.15, 0.2) is 47.3 Å². The number of aromatic nitrogens is 2. The second kappa shape index (κ2) is 5.73. The minimum absolute atomic E-state index is 0.00368. The van der Waals surface area contributed by atoms with E-state index in [-0.39, 0.29) is 5.91 Å². The maximum absolute atomic E-state index is 12.1. The first-order valence-electron chi connectivity index (χ1n) is 5.44. The fraction of sp³-hybridized carbons (Fsp3) is 0.154. The van der Waals surface area contributed by atoms with E-state index in [0.717, 1.165) is 10.0 Å². The highest BCUT2D eigenvalue weighted by Crippen LogP contribution is 2.14. The number of hydrogen-bond acceptors (Lipinski definition) is 3. The number of likely N-dealkylation sites (N-methyl/N-ethyl adjacent to an activating group) is 1. The van der Waals surface area contributed by atoms with Crippen LogP contribution in [0.1, 0.15) is 5.56 Å². The highest BCUT2D eigenvalue weighted by atomic mass is 79.9. The van der Waals surface area contributed by atoms with Crippen molar-refractivity contribution in [2.75, 3.05) is 11.9 Å². The van der Waals surface area contributed by atoms with Crippen LogP contribution in [0.4, 0.5) is 5.82 Å². The van der Waals surface area contributed by atoms with Crippen LogP contribution >= 0.6 is 15.9 Å². The zero-order valence-electron chi connectivity index (χ0n) is 9.88. The monoisotopic (exact) mass is 305 g/mol. The minimum atomic E-state index is -0.00368. The van der Waals surface area contributed by atoms with Gasteiger partial charge in [-0.3, -0.25) is 14.7 Å². The van der Waals surface area contributed by atoms with Crippen molar-refractivity contribution in [3.63, 3.8) is 0 Å². The van der Waals surface area contributed by atoms with Gasteiger partial charge in [0.25, 0.3) is 0 Å². The zero-order chi connectivity index (χ0) is 13.0. The van der Waals surface area contributed by atoms with Gasteiger partial charge in [0.05, 0.1) is 6.42 Å². The average Bonchev–Trinajstić information content (AvgIpc) is 2.40. The van der Waals surface area contributed by atoms with Crippen LogP contribution in [0.2, 0.25) is 0 Å². The molecule has 0 spiro atoms. The number of hydrogen-bond donors (Lipinski definition) is 0. The van der Waals surface area contributed by atoms with Gasteiger partial charge in [-0.2, -0.15) is 0 Å². The lowest BCUT2D eigenvalue weighted by Crippen LogP contribution is -2.28. The summed E-state index contributed by atoms with van der Waals surface area (Å²) in [6.07, 6.45) is 5.38. The van der Waals surface area contributed by atoms with E-state index in [1.807, 2.05) is 18.2 Å². The summed E-state index contributed by atoms with van der Waals surface area (Å²) in [6, 6.07) is 7.33. The van der Waals surface area contributed by atoms with E-state index < -0.39 is 0 Å². The third kappa shape index (κ3) is 3.13. The molecule has 0 aliphatic carbocycles. The molecular weight excluding hydrogens is 294 g/mol. The van der Waals surface area contributed by atoms with Crippen molar-refractivity contribution in [2.45, 2.75) is 6.42 Å². The average molecular weight is 306 g/mol. The van der Waals surface area contributed by atoms with E-state index >= 15 is 0 Å². The van der Waals surface area contributed by atoms with Gasteiger partial charge in [0.1, 0.15) is 5.82 Å². The Kier molecular flexibility index (Phi) is 4.04. The molecule has 2 rings (SSSR count). The van der Waals surface area contributed by atoms with Crippen LogP contribution in [0, 0.1) is 0 Å². The van der Waals surface area contributed by atoms with Gasteiger partial charge in [-0.1, -0.05) is 0 Å². The van der Waals surface area contributed by atoms with Gasteiger partial charge in [0.2, 0.25) is 5.91 Å². The maximum Gasteiger partial charge on any atom is 0.232 e. The van der Waals surface area contributed by atoms with Crippen molar-refractivity contribution in [1.82, 2.24) is 9.97 Å². The van der Waals surface area contributed by atoms with Crippen LogP contribution in [0.5, 0.6) is 0 Å². The van der Waals surface area contributed by atoms with Crippen molar-refractivity contribution in [1.29, 1.82) is 0 Å². The number of anilines is 1. The summed E-state index contributed by atoms with van der Waals surface area (Å²) in [5, 5.41) is 0. The summed E-state index contributed by atoms with van der Waals surface area (Å²) in [6.45, 7) is 0. The Labute approximate surface area is 114 Å². The number of carbonyl (C=O) groups excluding carboxylic acids is 1. The molecular formula is C13H12BrN3O. The van der Waals surface area contributed by atoms with E-state index in [2.05, 4.69) is 25.9 Å². The van der Waals surface area contributed by atoms with Gasteiger partial charge in [-0.15, -0.1) is 0 Å². The van der Waals surface area contributed by atoms with Gasteiger partial charge in [-0.05, 0) is 45.8 Å². The highest BCUT2D eigenvalue weighted by Gasteiger charge is 2.12. The Hall–Kier alpha value is -1.75. The molecule has 0 saturated heterocycles. The van der Waals surface area contributed by atoms with Crippen molar-refractivity contribution in [2.24, 2.45) is 0 Å². The fourth-order valence-electron chi connectivity index (χ4n) is 1.49. The van der Waals surface area contributed by atoms with E-state index in [0.29, 0.717) is 12.2 Å². The second-order valence-electron chi connectivity index (χ2n) is 3.82. The molecule has 0 atom stereocenters. The molecule has 2 aromatic heterocycles. The lowest BCUT2D eigenvalue weighted by atomic mass is 10.2. The third-order valence-corrected chi connectivity index (χ3v) is 3.00. The molecule has 2 aromatic rings. The van der Waals surface area contributed by atoms with E-state index in [1.54, 1.807) is 36.6 Å². The van der Waals surface area contributed by atoms with Gasteiger partial charge in [0, 0.05) is 30.1 Å². The molecule has 18 heavy (non-hydrogen) atoms. The molecule has 1 amide bonds. The lowest BCUT2D eigenvalue weighted by molar-refractivity contribution is -0.117. The Morgan fingerprint density at radius 1 is 1.28 bits per heavy atom. The Morgan fingerprint density at radius 2 is 2.00 bits per heavy atom. The molecule has 0 bridgehead atoms. The van der Waals surface area contributed by atoms with Crippen LogP contribution in [0.25, 0.3) is 0 Å². The number of pyridine rings is 2.